The Morgan fingerprint density at radius 3 is 2.62 bits per heavy atom. The summed E-state index contributed by atoms with van der Waals surface area (Å²) in [7, 11) is 0. The predicted molar refractivity (Wildman–Crippen MR) is 117 cm³/mol. The highest BCUT2D eigenvalue weighted by Crippen LogP contribution is 2.25. The van der Waals surface area contributed by atoms with Crippen molar-refractivity contribution in [3.63, 3.8) is 0 Å². The highest BCUT2D eigenvalue weighted by Gasteiger charge is 2.19. The van der Waals surface area contributed by atoms with E-state index < -0.39 is 16.3 Å². The average Bonchev–Trinajstić information content (AvgIpc) is 3.06. The molecule has 0 unspecified atom stereocenters. The number of carbonyl (C=O) groups excluding carboxylic acids is 1. The van der Waals surface area contributed by atoms with Gasteiger partial charge in [0.15, 0.2) is 5.78 Å². The number of carbonyl (C=O) groups is 1. The number of rotatable bonds is 5. The topological polar surface area (TPSA) is 100 Å². The maximum Gasteiger partial charge on any atom is 0.270 e. The molecule has 0 spiro atoms. The first-order valence-corrected chi connectivity index (χ1v) is 9.86. The van der Waals surface area contributed by atoms with Gasteiger partial charge in [0.25, 0.3) is 11.2 Å². The van der Waals surface area contributed by atoms with Crippen molar-refractivity contribution in [1.29, 1.82) is 0 Å². The fourth-order valence-electron chi connectivity index (χ4n) is 3.68. The molecule has 0 aliphatic carbocycles. The molecule has 0 amide bonds. The first-order valence-electron chi connectivity index (χ1n) is 9.48. The minimum atomic E-state index is -0.599. The number of halogens is 2. The first-order chi connectivity index (χ1) is 15.2. The second-order valence-electron chi connectivity index (χ2n) is 7.28. The van der Waals surface area contributed by atoms with Gasteiger partial charge in [0.2, 0.25) is 0 Å². The van der Waals surface area contributed by atoms with E-state index in [0.29, 0.717) is 22.5 Å². The SMILES string of the molecule is Cc1cc(C(=O)Cn2cnc3ccc([N+](=O)[O-])cc3c2=O)c(C)n1-c1ccc(F)c(Cl)c1. The normalized spacial score (nSPS) is 11.1. The van der Waals surface area contributed by atoms with Gasteiger partial charge >= 0.3 is 0 Å². The summed E-state index contributed by atoms with van der Waals surface area (Å²) in [5, 5.41) is 11.0. The number of hydrogen-bond donors (Lipinski definition) is 0. The number of benzene rings is 2. The van der Waals surface area contributed by atoms with Crippen molar-refractivity contribution in [2.24, 2.45) is 0 Å². The summed E-state index contributed by atoms with van der Waals surface area (Å²) < 4.78 is 16.4. The Balaban J connectivity index is 1.71. The summed E-state index contributed by atoms with van der Waals surface area (Å²) in [5.41, 5.74) is 1.83. The second-order valence-corrected chi connectivity index (χ2v) is 7.69. The molecule has 0 bridgehead atoms. The number of ketones is 1. The van der Waals surface area contributed by atoms with E-state index in [4.69, 9.17) is 11.6 Å². The van der Waals surface area contributed by atoms with Gasteiger partial charge in [-0.25, -0.2) is 9.37 Å². The molecule has 0 fully saturated rings. The zero-order chi connectivity index (χ0) is 23.2. The summed E-state index contributed by atoms with van der Waals surface area (Å²) >= 11 is 5.90. The first kappa shape index (κ1) is 21.4. The van der Waals surface area contributed by atoms with Gasteiger partial charge in [-0.3, -0.25) is 24.3 Å². The van der Waals surface area contributed by atoms with E-state index in [0.717, 1.165) is 16.3 Å². The molecular formula is C22H16ClFN4O4. The standard InChI is InChI=1S/C22H16ClFN4O4/c1-12-7-16(13(2)27(12)14-3-5-19(24)18(23)9-14)21(29)10-26-11-25-20-6-4-15(28(31)32)8-17(20)22(26)30/h3-9,11H,10H2,1-2H3. The molecule has 2 aromatic heterocycles. The van der Waals surface area contributed by atoms with E-state index in [1.54, 1.807) is 30.5 Å². The summed E-state index contributed by atoms with van der Waals surface area (Å²) in [6.07, 6.45) is 1.24. The highest BCUT2D eigenvalue weighted by atomic mass is 35.5. The van der Waals surface area contributed by atoms with Gasteiger partial charge in [-0.15, -0.1) is 0 Å². The quantitative estimate of drug-likeness (QED) is 0.253. The monoisotopic (exact) mass is 454 g/mol. The van der Waals surface area contributed by atoms with Crippen LogP contribution in [0.4, 0.5) is 10.1 Å². The van der Waals surface area contributed by atoms with Gasteiger partial charge in [-0.2, -0.15) is 0 Å². The molecule has 0 aliphatic rings. The lowest BCUT2D eigenvalue weighted by atomic mass is 10.1. The van der Waals surface area contributed by atoms with E-state index in [9.17, 15) is 24.1 Å². The van der Waals surface area contributed by atoms with Gasteiger partial charge in [0.05, 0.1) is 33.7 Å². The van der Waals surface area contributed by atoms with Crippen LogP contribution >= 0.6 is 11.6 Å². The molecule has 0 aliphatic heterocycles. The van der Waals surface area contributed by atoms with Crippen LogP contribution < -0.4 is 5.56 Å². The summed E-state index contributed by atoms with van der Waals surface area (Å²) in [4.78, 5) is 40.4. The number of nitro benzene ring substituents is 1. The molecule has 10 heteroatoms. The second kappa shape index (κ2) is 8.01. The number of hydrogen-bond acceptors (Lipinski definition) is 5. The molecule has 0 N–H and O–H groups in total. The van der Waals surface area contributed by atoms with Crippen molar-refractivity contribution >= 4 is 34.0 Å². The van der Waals surface area contributed by atoms with Crippen LogP contribution in [-0.4, -0.2) is 24.8 Å². The molecule has 8 nitrogen and oxygen atoms in total. The molecule has 2 heterocycles. The summed E-state index contributed by atoms with van der Waals surface area (Å²) in [5.74, 6) is -0.885. The van der Waals surface area contributed by atoms with Crippen LogP contribution in [0.2, 0.25) is 5.02 Å². The summed E-state index contributed by atoms with van der Waals surface area (Å²) in [6.45, 7) is 3.24. The van der Waals surface area contributed by atoms with Gasteiger partial charge in [0.1, 0.15) is 5.82 Å². The van der Waals surface area contributed by atoms with E-state index in [1.165, 1.54) is 30.6 Å². The van der Waals surface area contributed by atoms with E-state index in [2.05, 4.69) is 4.98 Å². The highest BCUT2D eigenvalue weighted by molar-refractivity contribution is 6.30. The summed E-state index contributed by atoms with van der Waals surface area (Å²) in [6, 6.07) is 9.76. The minimum absolute atomic E-state index is 0.0363. The average molecular weight is 455 g/mol. The van der Waals surface area contributed by atoms with Crippen LogP contribution in [0, 0.1) is 29.8 Å². The fourth-order valence-corrected chi connectivity index (χ4v) is 3.85. The number of Topliss-reactive ketones (excluding diaryl/α,β-unsaturated/α-hetero) is 1. The smallest absolute Gasteiger partial charge is 0.270 e. The van der Waals surface area contributed by atoms with Crippen LogP contribution in [0.3, 0.4) is 0 Å². The lowest BCUT2D eigenvalue weighted by Crippen LogP contribution is -2.25. The maximum absolute atomic E-state index is 13.5. The Bertz CT molecular complexity index is 1480. The van der Waals surface area contributed by atoms with Crippen molar-refractivity contribution in [3.05, 3.63) is 97.1 Å². The molecule has 32 heavy (non-hydrogen) atoms. The number of aryl methyl sites for hydroxylation is 1. The van der Waals surface area contributed by atoms with Crippen LogP contribution in [0.15, 0.2) is 53.6 Å². The molecule has 162 valence electrons. The molecule has 0 atom stereocenters. The Kier molecular flexibility index (Phi) is 5.35. The maximum atomic E-state index is 13.5. The Labute approximate surface area is 185 Å². The number of aromatic nitrogens is 3. The third kappa shape index (κ3) is 3.67. The Morgan fingerprint density at radius 2 is 1.94 bits per heavy atom. The van der Waals surface area contributed by atoms with Crippen molar-refractivity contribution < 1.29 is 14.1 Å². The van der Waals surface area contributed by atoms with Crippen molar-refractivity contribution in [1.82, 2.24) is 14.1 Å². The van der Waals surface area contributed by atoms with Crippen LogP contribution in [0.5, 0.6) is 0 Å². The Morgan fingerprint density at radius 1 is 1.19 bits per heavy atom. The van der Waals surface area contributed by atoms with E-state index in [1.807, 2.05) is 0 Å². The number of nitro groups is 1. The van der Waals surface area contributed by atoms with E-state index >= 15 is 0 Å². The largest absolute Gasteiger partial charge is 0.318 e. The molecule has 0 radical (unpaired) electrons. The lowest BCUT2D eigenvalue weighted by Gasteiger charge is -2.11. The number of nitrogens with zero attached hydrogens (tertiary/aromatic N) is 4. The van der Waals surface area contributed by atoms with Crippen LogP contribution in [0.25, 0.3) is 16.6 Å². The number of fused-ring (bicyclic) bond motifs is 1. The van der Waals surface area contributed by atoms with Crippen LogP contribution in [0.1, 0.15) is 21.7 Å². The van der Waals surface area contributed by atoms with Gasteiger partial charge in [0, 0.05) is 34.8 Å². The van der Waals surface area contributed by atoms with Gasteiger partial charge < -0.3 is 4.57 Å². The van der Waals surface area contributed by atoms with Gasteiger partial charge in [-0.05, 0) is 44.2 Å². The lowest BCUT2D eigenvalue weighted by molar-refractivity contribution is -0.384. The fraction of sp³-hybridized carbons (Fsp3) is 0.136. The third-order valence-electron chi connectivity index (χ3n) is 5.23. The molecule has 0 saturated carbocycles. The van der Waals surface area contributed by atoms with Crippen molar-refractivity contribution in [2.75, 3.05) is 0 Å². The zero-order valence-corrected chi connectivity index (χ0v) is 17.8. The number of non-ortho nitro benzene ring substituents is 1. The zero-order valence-electron chi connectivity index (χ0n) is 17.0. The predicted octanol–water partition coefficient (Wildman–Crippen LogP) is 4.39. The molecular weight excluding hydrogens is 439 g/mol. The van der Waals surface area contributed by atoms with Gasteiger partial charge in [-0.1, -0.05) is 11.6 Å². The molecule has 4 rings (SSSR count). The molecule has 4 aromatic rings. The minimum Gasteiger partial charge on any atom is -0.318 e. The third-order valence-corrected chi connectivity index (χ3v) is 5.51. The van der Waals surface area contributed by atoms with E-state index in [-0.39, 0.29) is 28.4 Å². The van der Waals surface area contributed by atoms with Crippen molar-refractivity contribution in [2.45, 2.75) is 20.4 Å². The molecule has 2 aromatic carbocycles. The Hall–Kier alpha value is -3.85. The van der Waals surface area contributed by atoms with Crippen LogP contribution in [-0.2, 0) is 6.54 Å². The molecule has 0 saturated heterocycles. The van der Waals surface area contributed by atoms with Crippen molar-refractivity contribution in [3.8, 4) is 5.69 Å².